The molecule has 6 heteroatoms. The number of rotatable bonds is 3. The molecule has 1 amide bonds. The summed E-state index contributed by atoms with van der Waals surface area (Å²) >= 11 is 0. The highest BCUT2D eigenvalue weighted by Gasteiger charge is 2.44. The van der Waals surface area contributed by atoms with Gasteiger partial charge in [0.2, 0.25) is 0 Å². The van der Waals surface area contributed by atoms with Gasteiger partial charge in [-0.15, -0.1) is 0 Å². The minimum absolute atomic E-state index is 0.116. The van der Waals surface area contributed by atoms with Crippen LogP contribution in [0.25, 0.3) is 0 Å². The van der Waals surface area contributed by atoms with Crippen LogP contribution < -0.4 is 0 Å². The standard InChI is InChI=1S/C18H25NO5/c1-17(2,3)24-15(20)18(22)10-7-11-19(13-18)16(21)23-12-14-8-5-4-6-9-14/h4-6,8-9,22H,7,10-13H2,1-3H3. The van der Waals surface area contributed by atoms with E-state index in [0.717, 1.165) is 5.56 Å². The average molecular weight is 335 g/mol. The Labute approximate surface area is 142 Å². The van der Waals surface area contributed by atoms with Gasteiger partial charge < -0.3 is 19.5 Å². The van der Waals surface area contributed by atoms with Crippen LogP contribution in [-0.4, -0.2) is 46.4 Å². The third kappa shape index (κ3) is 4.96. The number of hydrogen-bond acceptors (Lipinski definition) is 5. The SMILES string of the molecule is CC(C)(C)OC(=O)C1(O)CCCN(C(=O)OCc2ccccc2)C1. The Balaban J connectivity index is 1.94. The van der Waals surface area contributed by atoms with Crippen LogP contribution in [0.15, 0.2) is 30.3 Å². The number of nitrogens with zero attached hydrogens (tertiary/aromatic N) is 1. The maximum absolute atomic E-state index is 12.2. The summed E-state index contributed by atoms with van der Waals surface area (Å²) in [5, 5.41) is 10.6. The highest BCUT2D eigenvalue weighted by atomic mass is 16.6. The summed E-state index contributed by atoms with van der Waals surface area (Å²) in [6.07, 6.45) is 0.237. The first-order valence-corrected chi connectivity index (χ1v) is 8.11. The third-order valence-electron chi connectivity index (χ3n) is 3.71. The number of β-amino-alcohol motifs (C(OH)–C–C–N with tert-alkyl or cyclic N) is 1. The number of likely N-dealkylation sites (tertiary alicyclic amines) is 1. The fourth-order valence-electron chi connectivity index (χ4n) is 2.54. The number of esters is 1. The lowest BCUT2D eigenvalue weighted by molar-refractivity contribution is -0.181. The molecule has 0 spiro atoms. The van der Waals surface area contributed by atoms with E-state index in [-0.39, 0.29) is 19.6 Å². The van der Waals surface area contributed by atoms with Crippen LogP contribution >= 0.6 is 0 Å². The van der Waals surface area contributed by atoms with Crippen molar-refractivity contribution < 1.29 is 24.2 Å². The molecule has 0 aromatic heterocycles. The Morgan fingerprint density at radius 1 is 1.25 bits per heavy atom. The zero-order chi connectivity index (χ0) is 17.8. The summed E-state index contributed by atoms with van der Waals surface area (Å²) in [5.41, 5.74) is -1.49. The van der Waals surface area contributed by atoms with Gasteiger partial charge in [0.15, 0.2) is 5.60 Å². The van der Waals surface area contributed by atoms with Crippen LogP contribution in [0.2, 0.25) is 0 Å². The van der Waals surface area contributed by atoms with Crippen LogP contribution in [0.3, 0.4) is 0 Å². The molecule has 0 aliphatic carbocycles. The number of carbonyl (C=O) groups excluding carboxylic acids is 2. The second kappa shape index (κ2) is 7.21. The molecule has 1 fully saturated rings. The zero-order valence-corrected chi connectivity index (χ0v) is 14.4. The smallest absolute Gasteiger partial charge is 0.410 e. The Kier molecular flexibility index (Phi) is 5.49. The van der Waals surface area contributed by atoms with Crippen molar-refractivity contribution in [3.05, 3.63) is 35.9 Å². The first-order chi connectivity index (χ1) is 11.2. The minimum atomic E-state index is -1.68. The largest absolute Gasteiger partial charge is 0.458 e. The molecule has 1 heterocycles. The number of benzene rings is 1. The molecular weight excluding hydrogens is 310 g/mol. The number of carbonyl (C=O) groups is 2. The van der Waals surface area contributed by atoms with Gasteiger partial charge >= 0.3 is 12.1 Å². The molecule has 1 saturated heterocycles. The lowest BCUT2D eigenvalue weighted by Gasteiger charge is -2.38. The lowest BCUT2D eigenvalue weighted by atomic mass is 9.93. The molecule has 1 unspecified atom stereocenters. The maximum atomic E-state index is 12.2. The first kappa shape index (κ1) is 18.3. The molecule has 1 N–H and O–H groups in total. The summed E-state index contributed by atoms with van der Waals surface area (Å²) in [4.78, 5) is 25.8. The number of piperidine rings is 1. The van der Waals surface area contributed by atoms with E-state index in [2.05, 4.69) is 0 Å². The average Bonchev–Trinajstić information content (AvgIpc) is 2.52. The van der Waals surface area contributed by atoms with Crippen molar-refractivity contribution in [2.45, 2.75) is 51.4 Å². The monoisotopic (exact) mass is 335 g/mol. The van der Waals surface area contributed by atoms with Gasteiger partial charge in [-0.05, 0) is 39.2 Å². The molecule has 6 nitrogen and oxygen atoms in total. The molecule has 132 valence electrons. The fraction of sp³-hybridized carbons (Fsp3) is 0.556. The summed E-state index contributed by atoms with van der Waals surface area (Å²) in [7, 11) is 0. The minimum Gasteiger partial charge on any atom is -0.458 e. The zero-order valence-electron chi connectivity index (χ0n) is 14.4. The fourth-order valence-corrected chi connectivity index (χ4v) is 2.54. The van der Waals surface area contributed by atoms with Crippen LogP contribution in [0.4, 0.5) is 4.79 Å². The molecule has 1 aromatic rings. The van der Waals surface area contributed by atoms with Gasteiger partial charge in [-0.25, -0.2) is 9.59 Å². The highest BCUT2D eigenvalue weighted by Crippen LogP contribution is 2.25. The molecule has 1 atom stereocenters. The summed E-state index contributed by atoms with van der Waals surface area (Å²) in [6.45, 7) is 5.70. The molecule has 1 aliphatic heterocycles. The predicted octanol–water partition coefficient (Wildman–Crippen LogP) is 2.49. The molecular formula is C18H25NO5. The highest BCUT2D eigenvalue weighted by molar-refractivity contribution is 5.81. The topological polar surface area (TPSA) is 76.1 Å². The molecule has 0 saturated carbocycles. The molecule has 1 aromatic carbocycles. The van der Waals surface area contributed by atoms with Crippen molar-refractivity contribution in [2.24, 2.45) is 0 Å². The third-order valence-corrected chi connectivity index (χ3v) is 3.71. The summed E-state index contributed by atoms with van der Waals surface area (Å²) < 4.78 is 10.5. The van der Waals surface area contributed by atoms with E-state index in [1.807, 2.05) is 30.3 Å². The molecule has 1 aliphatic rings. The number of ether oxygens (including phenoxy) is 2. The van der Waals surface area contributed by atoms with Crippen LogP contribution in [0, 0.1) is 0 Å². The quantitative estimate of drug-likeness (QED) is 0.859. The number of amides is 1. The van der Waals surface area contributed by atoms with E-state index < -0.39 is 23.3 Å². The van der Waals surface area contributed by atoms with Gasteiger partial charge in [0.25, 0.3) is 0 Å². The normalized spacial score (nSPS) is 21.2. The Hall–Kier alpha value is -2.08. The van der Waals surface area contributed by atoms with Gasteiger partial charge in [0.05, 0.1) is 6.54 Å². The van der Waals surface area contributed by atoms with Gasteiger partial charge in [-0.3, -0.25) is 0 Å². The Bertz CT molecular complexity index is 581. The van der Waals surface area contributed by atoms with Crippen LogP contribution in [0.1, 0.15) is 39.2 Å². The maximum Gasteiger partial charge on any atom is 0.410 e. The lowest BCUT2D eigenvalue weighted by Crippen LogP contribution is -2.56. The van der Waals surface area contributed by atoms with Crippen molar-refractivity contribution >= 4 is 12.1 Å². The summed E-state index contributed by atoms with van der Waals surface area (Å²) in [6, 6.07) is 9.34. The van der Waals surface area contributed by atoms with E-state index in [4.69, 9.17) is 9.47 Å². The van der Waals surface area contributed by atoms with E-state index >= 15 is 0 Å². The van der Waals surface area contributed by atoms with Crippen molar-refractivity contribution in [1.82, 2.24) is 4.90 Å². The molecule has 0 radical (unpaired) electrons. The van der Waals surface area contributed by atoms with Crippen LogP contribution in [0.5, 0.6) is 0 Å². The molecule has 0 bridgehead atoms. The number of aliphatic hydroxyl groups is 1. The van der Waals surface area contributed by atoms with E-state index in [1.165, 1.54) is 4.90 Å². The first-order valence-electron chi connectivity index (χ1n) is 8.11. The second-order valence-electron chi connectivity index (χ2n) is 7.10. The predicted molar refractivity (Wildman–Crippen MR) is 88.2 cm³/mol. The van der Waals surface area contributed by atoms with E-state index in [0.29, 0.717) is 13.0 Å². The summed E-state index contributed by atoms with van der Waals surface area (Å²) in [5.74, 6) is -0.699. The Morgan fingerprint density at radius 3 is 2.54 bits per heavy atom. The van der Waals surface area contributed by atoms with Crippen molar-refractivity contribution in [3.63, 3.8) is 0 Å². The van der Waals surface area contributed by atoms with Gasteiger partial charge in [-0.1, -0.05) is 30.3 Å². The van der Waals surface area contributed by atoms with E-state index in [9.17, 15) is 14.7 Å². The molecule has 2 rings (SSSR count). The van der Waals surface area contributed by atoms with Crippen molar-refractivity contribution in [1.29, 1.82) is 0 Å². The second-order valence-corrected chi connectivity index (χ2v) is 7.10. The van der Waals surface area contributed by atoms with Gasteiger partial charge in [-0.2, -0.15) is 0 Å². The van der Waals surface area contributed by atoms with Crippen LogP contribution in [-0.2, 0) is 20.9 Å². The molecule has 24 heavy (non-hydrogen) atoms. The Morgan fingerprint density at radius 2 is 1.92 bits per heavy atom. The van der Waals surface area contributed by atoms with Crippen molar-refractivity contribution in [2.75, 3.05) is 13.1 Å². The number of hydrogen-bond donors (Lipinski definition) is 1. The van der Waals surface area contributed by atoms with Crippen molar-refractivity contribution in [3.8, 4) is 0 Å². The van der Waals surface area contributed by atoms with Gasteiger partial charge in [0, 0.05) is 6.54 Å². The van der Waals surface area contributed by atoms with Gasteiger partial charge in [0.1, 0.15) is 12.2 Å². The van der Waals surface area contributed by atoms with E-state index in [1.54, 1.807) is 20.8 Å².